The van der Waals surface area contributed by atoms with Gasteiger partial charge in [-0.15, -0.1) is 0 Å². The monoisotopic (exact) mass is 290 g/mol. The predicted molar refractivity (Wildman–Crippen MR) is 88.7 cm³/mol. The first-order valence-corrected chi connectivity index (χ1v) is 8.27. The molecule has 0 aliphatic carbocycles. The zero-order valence-electron chi connectivity index (χ0n) is 13.8. The molecule has 0 amide bonds. The van der Waals surface area contributed by atoms with Gasteiger partial charge in [0.15, 0.2) is 0 Å². The number of hydrogen-bond acceptors (Lipinski definition) is 3. The van der Waals surface area contributed by atoms with Gasteiger partial charge in [-0.2, -0.15) is 0 Å². The van der Waals surface area contributed by atoms with E-state index < -0.39 is 0 Å². The molecule has 1 saturated heterocycles. The molecule has 1 heterocycles. The van der Waals surface area contributed by atoms with Crippen LogP contribution >= 0.6 is 0 Å². The maximum Gasteiger partial charge on any atom is 0.0698 e. The number of likely N-dealkylation sites (tertiary alicyclic amines) is 1. The summed E-state index contributed by atoms with van der Waals surface area (Å²) >= 11 is 0. The fraction of sp³-hybridized carbons (Fsp3) is 0.667. The maximum atomic E-state index is 5.50. The van der Waals surface area contributed by atoms with E-state index in [1.807, 2.05) is 7.11 Å². The van der Waals surface area contributed by atoms with Crippen molar-refractivity contribution in [3.05, 3.63) is 35.4 Å². The van der Waals surface area contributed by atoms with Crippen LogP contribution in [-0.4, -0.2) is 44.3 Å². The molecule has 0 radical (unpaired) electrons. The van der Waals surface area contributed by atoms with Gasteiger partial charge >= 0.3 is 0 Å². The number of benzene rings is 1. The van der Waals surface area contributed by atoms with Gasteiger partial charge in [0.2, 0.25) is 0 Å². The van der Waals surface area contributed by atoms with Crippen LogP contribution in [0, 0.1) is 0 Å². The Morgan fingerprint density at radius 3 is 2.76 bits per heavy atom. The van der Waals surface area contributed by atoms with Gasteiger partial charge < -0.3 is 10.1 Å². The smallest absolute Gasteiger partial charge is 0.0698 e. The summed E-state index contributed by atoms with van der Waals surface area (Å²) in [5.74, 6) is 0.576. The molecule has 1 aliphatic rings. The summed E-state index contributed by atoms with van der Waals surface area (Å²) < 4.78 is 5.50. The molecule has 3 nitrogen and oxygen atoms in total. The highest BCUT2D eigenvalue weighted by Gasteiger charge is 2.19. The minimum Gasteiger partial charge on any atom is -0.380 e. The molecule has 0 bridgehead atoms. The lowest BCUT2D eigenvalue weighted by Crippen LogP contribution is -2.38. The Balaban J connectivity index is 1.87. The first-order valence-electron chi connectivity index (χ1n) is 8.27. The predicted octanol–water partition coefficient (Wildman–Crippen LogP) is 3.01. The summed E-state index contributed by atoms with van der Waals surface area (Å²) in [5.41, 5.74) is 2.83. The van der Waals surface area contributed by atoms with E-state index in [-0.39, 0.29) is 0 Å². The molecule has 2 unspecified atom stereocenters. The second-order valence-corrected chi connectivity index (χ2v) is 6.19. The van der Waals surface area contributed by atoms with Crippen molar-refractivity contribution in [1.29, 1.82) is 0 Å². The van der Waals surface area contributed by atoms with Crippen LogP contribution in [0.5, 0.6) is 0 Å². The zero-order chi connectivity index (χ0) is 15.1. The molecule has 1 aromatic rings. The number of ether oxygens (including phenoxy) is 1. The van der Waals surface area contributed by atoms with Crippen LogP contribution in [0.4, 0.5) is 0 Å². The van der Waals surface area contributed by atoms with Gasteiger partial charge in [-0.25, -0.2) is 0 Å². The van der Waals surface area contributed by atoms with E-state index >= 15 is 0 Å². The third-order valence-electron chi connectivity index (χ3n) is 4.45. The third kappa shape index (κ3) is 5.10. The molecule has 118 valence electrons. The van der Waals surface area contributed by atoms with Crippen LogP contribution in [0.3, 0.4) is 0 Å². The lowest BCUT2D eigenvalue weighted by atomic mass is 9.99. The normalized spacial score (nSPS) is 21.4. The van der Waals surface area contributed by atoms with Crippen LogP contribution in [0.25, 0.3) is 0 Å². The van der Waals surface area contributed by atoms with Crippen LogP contribution in [0.1, 0.15) is 43.7 Å². The fourth-order valence-electron chi connectivity index (χ4n) is 3.04. The van der Waals surface area contributed by atoms with Crippen molar-refractivity contribution in [2.45, 2.75) is 45.3 Å². The number of likely N-dealkylation sites (N-methyl/N-ethyl adjacent to an activating group) is 1. The Morgan fingerprint density at radius 2 is 2.10 bits per heavy atom. The Hall–Kier alpha value is -0.900. The van der Waals surface area contributed by atoms with Crippen LogP contribution < -0.4 is 5.32 Å². The molecule has 0 spiro atoms. The molecule has 0 saturated carbocycles. The van der Waals surface area contributed by atoms with Gasteiger partial charge in [-0.1, -0.05) is 38.1 Å². The van der Waals surface area contributed by atoms with Gasteiger partial charge in [-0.05, 0) is 43.0 Å². The van der Waals surface area contributed by atoms with E-state index in [0.29, 0.717) is 12.0 Å². The van der Waals surface area contributed by atoms with Gasteiger partial charge in [0.1, 0.15) is 0 Å². The topological polar surface area (TPSA) is 24.5 Å². The van der Waals surface area contributed by atoms with Crippen molar-refractivity contribution < 1.29 is 4.74 Å². The molecule has 2 rings (SSSR count). The van der Waals surface area contributed by atoms with E-state index in [1.165, 1.54) is 30.5 Å². The standard InChI is InChI=1S/C18H30N2O/c1-4-19-12-15(2)17-9-7-16(8-10-17)13-20-11-5-6-18(14-20)21-3/h7-10,15,18-19H,4-6,11-14H2,1-3H3. The number of nitrogens with zero attached hydrogens (tertiary/aromatic N) is 1. The Labute approximate surface area is 129 Å². The quantitative estimate of drug-likeness (QED) is 0.835. The zero-order valence-corrected chi connectivity index (χ0v) is 13.8. The number of nitrogens with one attached hydrogen (secondary N) is 1. The summed E-state index contributed by atoms with van der Waals surface area (Å²) in [6, 6.07) is 9.15. The Bertz CT molecular complexity index is 404. The molecular formula is C18H30N2O. The minimum atomic E-state index is 0.415. The number of methoxy groups -OCH3 is 1. The van der Waals surface area contributed by atoms with Crippen molar-refractivity contribution in [2.75, 3.05) is 33.3 Å². The van der Waals surface area contributed by atoms with E-state index in [1.54, 1.807) is 0 Å². The van der Waals surface area contributed by atoms with Gasteiger partial charge in [0.25, 0.3) is 0 Å². The van der Waals surface area contributed by atoms with E-state index in [4.69, 9.17) is 4.74 Å². The molecule has 1 aromatic carbocycles. The second kappa shape index (κ2) is 8.52. The van der Waals surface area contributed by atoms with Gasteiger partial charge in [-0.3, -0.25) is 4.90 Å². The summed E-state index contributed by atoms with van der Waals surface area (Å²) in [6.07, 6.45) is 2.86. The number of hydrogen-bond donors (Lipinski definition) is 1. The first-order chi connectivity index (χ1) is 10.2. The molecule has 3 heteroatoms. The SMILES string of the molecule is CCNCC(C)c1ccc(CN2CCCC(OC)C2)cc1. The molecule has 1 N–H and O–H groups in total. The highest BCUT2D eigenvalue weighted by atomic mass is 16.5. The van der Waals surface area contributed by atoms with E-state index in [9.17, 15) is 0 Å². The molecule has 2 atom stereocenters. The molecular weight excluding hydrogens is 260 g/mol. The average molecular weight is 290 g/mol. The maximum absolute atomic E-state index is 5.50. The van der Waals surface area contributed by atoms with Gasteiger partial charge in [0.05, 0.1) is 6.10 Å². The average Bonchev–Trinajstić information content (AvgIpc) is 2.53. The lowest BCUT2D eigenvalue weighted by molar-refractivity contribution is 0.0285. The summed E-state index contributed by atoms with van der Waals surface area (Å²) in [4.78, 5) is 2.51. The Kier molecular flexibility index (Phi) is 6.68. The summed E-state index contributed by atoms with van der Waals surface area (Å²) in [6.45, 7) is 9.83. The third-order valence-corrected chi connectivity index (χ3v) is 4.45. The number of piperidine rings is 1. The van der Waals surface area contributed by atoms with Crippen molar-refractivity contribution >= 4 is 0 Å². The fourth-order valence-corrected chi connectivity index (χ4v) is 3.04. The molecule has 21 heavy (non-hydrogen) atoms. The highest BCUT2D eigenvalue weighted by Crippen LogP contribution is 2.18. The first kappa shape index (κ1) is 16.5. The van der Waals surface area contributed by atoms with Crippen molar-refractivity contribution in [3.63, 3.8) is 0 Å². The van der Waals surface area contributed by atoms with Crippen LogP contribution in [0.2, 0.25) is 0 Å². The van der Waals surface area contributed by atoms with Crippen LogP contribution in [0.15, 0.2) is 24.3 Å². The van der Waals surface area contributed by atoms with Crippen molar-refractivity contribution in [1.82, 2.24) is 10.2 Å². The van der Waals surface area contributed by atoms with E-state index in [2.05, 4.69) is 48.3 Å². The van der Waals surface area contributed by atoms with Crippen molar-refractivity contribution in [2.24, 2.45) is 0 Å². The minimum absolute atomic E-state index is 0.415. The molecule has 0 aromatic heterocycles. The highest BCUT2D eigenvalue weighted by molar-refractivity contribution is 5.25. The molecule has 1 aliphatic heterocycles. The van der Waals surface area contributed by atoms with Crippen molar-refractivity contribution in [3.8, 4) is 0 Å². The van der Waals surface area contributed by atoms with E-state index in [0.717, 1.165) is 26.2 Å². The summed E-state index contributed by atoms with van der Waals surface area (Å²) in [5, 5.41) is 3.42. The Morgan fingerprint density at radius 1 is 1.33 bits per heavy atom. The van der Waals surface area contributed by atoms with Crippen LogP contribution in [-0.2, 0) is 11.3 Å². The summed E-state index contributed by atoms with van der Waals surface area (Å²) in [7, 11) is 1.83. The second-order valence-electron chi connectivity index (χ2n) is 6.19. The van der Waals surface area contributed by atoms with Gasteiger partial charge in [0, 0.05) is 26.7 Å². The lowest BCUT2D eigenvalue weighted by Gasteiger charge is -2.31. The largest absolute Gasteiger partial charge is 0.380 e. The number of rotatable bonds is 7. The molecule has 1 fully saturated rings.